The fourth-order valence-corrected chi connectivity index (χ4v) is 4.24. The van der Waals surface area contributed by atoms with E-state index >= 15 is 0 Å². The average Bonchev–Trinajstić information content (AvgIpc) is 2.84. The fourth-order valence-electron chi connectivity index (χ4n) is 2.98. The first-order valence-corrected chi connectivity index (χ1v) is 8.88. The van der Waals surface area contributed by atoms with E-state index in [1.54, 1.807) is 21.6 Å². The molecule has 0 N–H and O–H groups in total. The van der Waals surface area contributed by atoms with Crippen molar-refractivity contribution < 1.29 is 14.3 Å². The van der Waals surface area contributed by atoms with Crippen LogP contribution in [0.1, 0.15) is 23.4 Å². The second-order valence-corrected chi connectivity index (χ2v) is 7.43. The highest BCUT2D eigenvalue weighted by Crippen LogP contribution is 2.42. The molecular weight excluding hydrogens is 312 g/mol. The van der Waals surface area contributed by atoms with E-state index in [2.05, 4.69) is 6.07 Å². The summed E-state index contributed by atoms with van der Waals surface area (Å²) in [6, 6.07) is 8.16. The van der Waals surface area contributed by atoms with Crippen molar-refractivity contribution in [1.82, 2.24) is 9.80 Å². The summed E-state index contributed by atoms with van der Waals surface area (Å²) in [6.07, 6.45) is 0. The molecule has 2 aliphatic heterocycles. The molecule has 23 heavy (non-hydrogen) atoms. The quantitative estimate of drug-likeness (QED) is 0.846. The predicted molar refractivity (Wildman–Crippen MR) is 90.1 cm³/mol. The third-order valence-electron chi connectivity index (χ3n) is 4.24. The third kappa shape index (κ3) is 3.53. The van der Waals surface area contributed by atoms with Crippen LogP contribution >= 0.6 is 11.8 Å². The van der Waals surface area contributed by atoms with Crippen molar-refractivity contribution in [3.8, 4) is 0 Å². The van der Waals surface area contributed by atoms with E-state index in [9.17, 15) is 9.59 Å². The van der Waals surface area contributed by atoms with E-state index in [1.807, 2.05) is 32.0 Å². The van der Waals surface area contributed by atoms with E-state index in [1.165, 1.54) is 0 Å². The molecule has 5 nitrogen and oxygen atoms in total. The van der Waals surface area contributed by atoms with Crippen LogP contribution in [0.3, 0.4) is 0 Å². The summed E-state index contributed by atoms with van der Waals surface area (Å²) >= 11 is 1.61. The largest absolute Gasteiger partial charge is 0.378 e. The Kier molecular flexibility index (Phi) is 4.92. The Morgan fingerprint density at radius 2 is 2.09 bits per heavy atom. The lowest BCUT2D eigenvalue weighted by molar-refractivity contribution is -0.142. The molecule has 0 bridgehead atoms. The van der Waals surface area contributed by atoms with Crippen LogP contribution in [-0.4, -0.2) is 59.7 Å². The van der Waals surface area contributed by atoms with Crippen molar-refractivity contribution in [3.63, 3.8) is 0 Å². The average molecular weight is 334 g/mol. The molecule has 2 saturated heterocycles. The van der Waals surface area contributed by atoms with Crippen LogP contribution in [0.4, 0.5) is 0 Å². The Hall–Kier alpha value is -1.53. The summed E-state index contributed by atoms with van der Waals surface area (Å²) in [4.78, 5) is 28.5. The molecule has 1 aromatic rings. The zero-order valence-electron chi connectivity index (χ0n) is 13.5. The highest BCUT2D eigenvalue weighted by atomic mass is 32.2. The lowest BCUT2D eigenvalue weighted by Crippen LogP contribution is -2.46. The summed E-state index contributed by atoms with van der Waals surface area (Å²) in [5.74, 6) is 0.0529. The number of hydrogen-bond acceptors (Lipinski definition) is 4. The van der Waals surface area contributed by atoms with Gasteiger partial charge in [0.25, 0.3) is 0 Å². The number of aryl methyl sites for hydroxylation is 1. The zero-order valence-corrected chi connectivity index (χ0v) is 14.3. The van der Waals surface area contributed by atoms with Crippen molar-refractivity contribution in [2.45, 2.75) is 24.5 Å². The third-order valence-corrected chi connectivity index (χ3v) is 5.64. The molecule has 2 amide bonds. The minimum atomic E-state index is -0.113. The molecule has 6 heteroatoms. The molecule has 0 unspecified atom stereocenters. The van der Waals surface area contributed by atoms with Gasteiger partial charge in [0.05, 0.1) is 18.5 Å². The Morgan fingerprint density at radius 1 is 1.35 bits per heavy atom. The van der Waals surface area contributed by atoms with E-state index in [0.717, 1.165) is 11.1 Å². The maximum atomic E-state index is 12.5. The summed E-state index contributed by atoms with van der Waals surface area (Å²) in [5, 5.41) is -0.194. The van der Waals surface area contributed by atoms with Gasteiger partial charge in [0.1, 0.15) is 11.9 Å². The number of rotatable bonds is 3. The van der Waals surface area contributed by atoms with Crippen molar-refractivity contribution in [2.24, 2.45) is 0 Å². The number of ether oxygens (including phenoxy) is 1. The summed E-state index contributed by atoms with van der Waals surface area (Å²) in [5.41, 5.74) is 2.25. The first-order chi connectivity index (χ1) is 11.1. The van der Waals surface area contributed by atoms with Gasteiger partial charge < -0.3 is 14.5 Å². The topological polar surface area (TPSA) is 49.9 Å². The number of benzene rings is 1. The Balaban J connectivity index is 1.76. The molecule has 2 atom stereocenters. The molecule has 2 fully saturated rings. The van der Waals surface area contributed by atoms with Gasteiger partial charge in [0, 0.05) is 13.1 Å². The van der Waals surface area contributed by atoms with Gasteiger partial charge in [0.2, 0.25) is 11.8 Å². The van der Waals surface area contributed by atoms with Gasteiger partial charge in [-0.05, 0) is 19.4 Å². The summed E-state index contributed by atoms with van der Waals surface area (Å²) in [7, 11) is 0. The minimum absolute atomic E-state index is 0.00834. The van der Waals surface area contributed by atoms with Crippen LogP contribution in [0.15, 0.2) is 24.3 Å². The fraction of sp³-hybridized carbons (Fsp3) is 0.529. The van der Waals surface area contributed by atoms with Crippen LogP contribution < -0.4 is 0 Å². The van der Waals surface area contributed by atoms with Crippen molar-refractivity contribution >= 4 is 23.6 Å². The SMILES string of the molecule is Cc1cccc([C@H]2S[C@H](C)C(=O)N2CC(=O)N2CCOCC2)c1. The zero-order chi connectivity index (χ0) is 16.4. The molecule has 1 aromatic carbocycles. The normalized spacial score (nSPS) is 25.0. The Bertz CT molecular complexity index is 601. The number of thioether (sulfide) groups is 1. The second kappa shape index (κ2) is 6.93. The molecule has 2 heterocycles. The molecule has 2 aliphatic rings. The highest BCUT2D eigenvalue weighted by molar-refractivity contribution is 8.01. The molecule has 0 spiro atoms. The monoisotopic (exact) mass is 334 g/mol. The summed E-state index contributed by atoms with van der Waals surface area (Å²) in [6.45, 7) is 6.47. The number of amides is 2. The van der Waals surface area contributed by atoms with E-state index in [0.29, 0.717) is 26.3 Å². The number of carbonyl (C=O) groups is 2. The van der Waals surface area contributed by atoms with E-state index in [-0.39, 0.29) is 29.0 Å². The smallest absolute Gasteiger partial charge is 0.242 e. The number of hydrogen-bond donors (Lipinski definition) is 0. The van der Waals surface area contributed by atoms with Crippen LogP contribution in [-0.2, 0) is 14.3 Å². The van der Waals surface area contributed by atoms with Gasteiger partial charge in [0.15, 0.2) is 0 Å². The molecule has 3 rings (SSSR count). The van der Waals surface area contributed by atoms with Gasteiger partial charge in [-0.2, -0.15) is 0 Å². The molecular formula is C17H22N2O3S. The second-order valence-electron chi connectivity index (χ2n) is 6.00. The first kappa shape index (κ1) is 16.3. The number of carbonyl (C=O) groups excluding carboxylic acids is 2. The van der Waals surface area contributed by atoms with Crippen LogP contribution in [0.5, 0.6) is 0 Å². The lowest BCUT2D eigenvalue weighted by Gasteiger charge is -2.30. The number of morpholine rings is 1. The van der Waals surface area contributed by atoms with Crippen LogP contribution in [0, 0.1) is 6.92 Å². The molecule has 0 saturated carbocycles. The van der Waals surface area contributed by atoms with Gasteiger partial charge in [-0.1, -0.05) is 29.8 Å². The molecule has 0 radical (unpaired) electrons. The molecule has 124 valence electrons. The van der Waals surface area contributed by atoms with Crippen molar-refractivity contribution in [3.05, 3.63) is 35.4 Å². The van der Waals surface area contributed by atoms with Gasteiger partial charge >= 0.3 is 0 Å². The molecule has 0 aromatic heterocycles. The van der Waals surface area contributed by atoms with Gasteiger partial charge in [-0.25, -0.2) is 0 Å². The predicted octanol–water partition coefficient (Wildman–Crippen LogP) is 1.82. The van der Waals surface area contributed by atoms with E-state index < -0.39 is 0 Å². The summed E-state index contributed by atoms with van der Waals surface area (Å²) < 4.78 is 5.28. The van der Waals surface area contributed by atoms with Crippen LogP contribution in [0.25, 0.3) is 0 Å². The van der Waals surface area contributed by atoms with Gasteiger partial charge in [-0.15, -0.1) is 11.8 Å². The standard InChI is InChI=1S/C17H22N2O3S/c1-12-4-3-5-14(10-12)17-19(16(21)13(2)23-17)11-15(20)18-6-8-22-9-7-18/h3-5,10,13,17H,6-9,11H2,1-2H3/t13-,17-/m1/s1. The Morgan fingerprint density at radius 3 is 2.78 bits per heavy atom. The lowest BCUT2D eigenvalue weighted by atomic mass is 10.1. The maximum Gasteiger partial charge on any atom is 0.242 e. The van der Waals surface area contributed by atoms with Crippen LogP contribution in [0.2, 0.25) is 0 Å². The first-order valence-electron chi connectivity index (χ1n) is 7.94. The maximum absolute atomic E-state index is 12.5. The van der Waals surface area contributed by atoms with Crippen molar-refractivity contribution in [2.75, 3.05) is 32.8 Å². The molecule has 0 aliphatic carbocycles. The van der Waals surface area contributed by atoms with Crippen molar-refractivity contribution in [1.29, 1.82) is 0 Å². The number of nitrogens with zero attached hydrogens (tertiary/aromatic N) is 2. The highest BCUT2D eigenvalue weighted by Gasteiger charge is 2.40. The van der Waals surface area contributed by atoms with Gasteiger partial charge in [-0.3, -0.25) is 9.59 Å². The minimum Gasteiger partial charge on any atom is -0.378 e. The van der Waals surface area contributed by atoms with E-state index in [4.69, 9.17) is 4.74 Å². The Labute approximate surface area is 141 Å².